The number of rotatable bonds is 5. The molecule has 0 radical (unpaired) electrons. The molecule has 1 aromatic heterocycles. The zero-order valence-corrected chi connectivity index (χ0v) is 12.5. The van der Waals surface area contributed by atoms with Crippen LogP contribution in [0.4, 0.5) is 0 Å². The quantitative estimate of drug-likeness (QED) is 0.850. The van der Waals surface area contributed by atoms with Gasteiger partial charge in [0.1, 0.15) is 0 Å². The summed E-state index contributed by atoms with van der Waals surface area (Å²) in [7, 11) is 0. The number of nitrogens with zero attached hydrogens (tertiary/aromatic N) is 3. The van der Waals surface area contributed by atoms with Crippen molar-refractivity contribution in [3.05, 3.63) is 35.2 Å². The van der Waals surface area contributed by atoms with Crippen LogP contribution < -0.4 is 0 Å². The van der Waals surface area contributed by atoms with Gasteiger partial charge in [-0.1, -0.05) is 18.5 Å². The largest absolute Gasteiger partial charge is 0.419 e. The maximum Gasteiger partial charge on any atom is 0.247 e. The highest BCUT2D eigenvalue weighted by atomic mass is 35.5. The van der Waals surface area contributed by atoms with Gasteiger partial charge in [-0.05, 0) is 37.1 Å². The first kappa shape index (κ1) is 14.1. The van der Waals surface area contributed by atoms with Crippen LogP contribution in [0, 0.1) is 0 Å². The second-order valence-electron chi connectivity index (χ2n) is 5.11. The smallest absolute Gasteiger partial charge is 0.247 e. The molecule has 0 aliphatic heterocycles. The summed E-state index contributed by atoms with van der Waals surface area (Å²) in [5.41, 5.74) is 0.818. The number of aromatic nitrogens is 2. The predicted molar refractivity (Wildman–Crippen MR) is 78.6 cm³/mol. The lowest BCUT2D eigenvalue weighted by atomic mass is 10.2. The Morgan fingerprint density at radius 2 is 2.05 bits per heavy atom. The highest BCUT2D eigenvalue weighted by Crippen LogP contribution is 2.29. The van der Waals surface area contributed by atoms with Gasteiger partial charge in [0, 0.05) is 23.0 Å². The molecule has 0 bridgehead atoms. The molecule has 5 nitrogen and oxygen atoms in total. The number of amides is 1. The van der Waals surface area contributed by atoms with E-state index in [1.807, 2.05) is 24.0 Å². The lowest BCUT2D eigenvalue weighted by Crippen LogP contribution is -2.32. The van der Waals surface area contributed by atoms with Gasteiger partial charge in [-0.15, -0.1) is 10.2 Å². The lowest BCUT2D eigenvalue weighted by Gasteiger charge is -2.19. The second-order valence-corrected chi connectivity index (χ2v) is 5.55. The fourth-order valence-electron chi connectivity index (χ4n) is 2.18. The summed E-state index contributed by atoms with van der Waals surface area (Å²) < 4.78 is 5.65. The number of hydrogen-bond donors (Lipinski definition) is 0. The summed E-state index contributed by atoms with van der Waals surface area (Å²) in [6, 6.07) is 7.55. The molecule has 2 aromatic rings. The Bertz CT molecular complexity index is 635. The molecule has 1 saturated carbocycles. The summed E-state index contributed by atoms with van der Waals surface area (Å²) >= 11 is 5.85. The van der Waals surface area contributed by atoms with Gasteiger partial charge in [-0.25, -0.2) is 0 Å². The van der Waals surface area contributed by atoms with E-state index in [0.717, 1.165) is 18.4 Å². The fourth-order valence-corrected chi connectivity index (χ4v) is 2.31. The maximum atomic E-state index is 11.9. The van der Waals surface area contributed by atoms with Crippen molar-refractivity contribution >= 4 is 17.5 Å². The highest BCUT2D eigenvalue weighted by Gasteiger charge is 2.32. The lowest BCUT2D eigenvalue weighted by molar-refractivity contribution is -0.132. The van der Waals surface area contributed by atoms with Crippen LogP contribution in [0.25, 0.3) is 11.5 Å². The minimum Gasteiger partial charge on any atom is -0.419 e. The van der Waals surface area contributed by atoms with Crippen molar-refractivity contribution in [2.24, 2.45) is 0 Å². The summed E-state index contributed by atoms with van der Waals surface area (Å²) in [5, 5.41) is 8.73. The van der Waals surface area contributed by atoms with Crippen LogP contribution in [0.5, 0.6) is 0 Å². The van der Waals surface area contributed by atoms with E-state index < -0.39 is 0 Å². The molecule has 0 atom stereocenters. The molecular formula is C15H16ClN3O2. The first-order valence-electron chi connectivity index (χ1n) is 7.05. The van der Waals surface area contributed by atoms with Crippen LogP contribution in [0.15, 0.2) is 28.7 Å². The number of carbonyl (C=O) groups is 1. The van der Waals surface area contributed by atoms with Crippen molar-refractivity contribution in [1.29, 1.82) is 0 Å². The van der Waals surface area contributed by atoms with Crippen LogP contribution in [-0.2, 0) is 11.3 Å². The Hall–Kier alpha value is -1.88. The molecule has 1 aromatic carbocycles. The van der Waals surface area contributed by atoms with E-state index in [9.17, 15) is 4.79 Å². The molecule has 1 heterocycles. The van der Waals surface area contributed by atoms with Crippen molar-refractivity contribution < 1.29 is 9.21 Å². The molecule has 3 rings (SSSR count). The van der Waals surface area contributed by atoms with Crippen molar-refractivity contribution in [3.8, 4) is 11.5 Å². The molecule has 1 amide bonds. The van der Waals surface area contributed by atoms with E-state index in [0.29, 0.717) is 35.8 Å². The average Bonchev–Trinajstić information content (AvgIpc) is 3.23. The molecule has 1 fully saturated rings. The van der Waals surface area contributed by atoms with Gasteiger partial charge in [0.2, 0.25) is 17.7 Å². The first-order valence-corrected chi connectivity index (χ1v) is 7.43. The van der Waals surface area contributed by atoms with Gasteiger partial charge in [0.15, 0.2) is 0 Å². The van der Waals surface area contributed by atoms with E-state index in [1.165, 1.54) is 0 Å². The van der Waals surface area contributed by atoms with Crippen LogP contribution in [0.2, 0.25) is 5.02 Å². The van der Waals surface area contributed by atoms with Gasteiger partial charge < -0.3 is 9.32 Å². The normalized spacial score (nSPS) is 14.2. The van der Waals surface area contributed by atoms with Crippen molar-refractivity contribution in [1.82, 2.24) is 15.1 Å². The third-order valence-corrected chi connectivity index (χ3v) is 3.73. The summed E-state index contributed by atoms with van der Waals surface area (Å²) in [6.45, 7) is 2.25. The Morgan fingerprint density at radius 3 is 2.67 bits per heavy atom. The molecule has 0 unspecified atom stereocenters. The molecule has 1 aliphatic rings. The van der Waals surface area contributed by atoms with E-state index in [4.69, 9.17) is 16.0 Å². The monoisotopic (exact) mass is 305 g/mol. The standard InChI is InChI=1S/C15H16ClN3O2/c1-2-14(20)19(12-7-8-12)9-13-17-18-15(21-13)10-3-5-11(16)6-4-10/h3-6,12H,2,7-9H2,1H3. The van der Waals surface area contributed by atoms with Crippen LogP contribution in [0.3, 0.4) is 0 Å². The van der Waals surface area contributed by atoms with Crippen molar-refractivity contribution in [2.75, 3.05) is 0 Å². The maximum absolute atomic E-state index is 11.9. The van der Waals surface area contributed by atoms with Gasteiger partial charge in [-0.2, -0.15) is 0 Å². The Kier molecular flexibility index (Phi) is 3.92. The van der Waals surface area contributed by atoms with E-state index >= 15 is 0 Å². The van der Waals surface area contributed by atoms with Crippen LogP contribution >= 0.6 is 11.6 Å². The molecule has 1 aliphatic carbocycles. The van der Waals surface area contributed by atoms with Crippen molar-refractivity contribution in [3.63, 3.8) is 0 Å². The van der Waals surface area contributed by atoms with E-state index in [-0.39, 0.29) is 5.91 Å². The SMILES string of the molecule is CCC(=O)N(Cc1nnc(-c2ccc(Cl)cc2)o1)C1CC1. The number of carbonyl (C=O) groups excluding carboxylic acids is 1. The Balaban J connectivity index is 1.75. The van der Waals surface area contributed by atoms with Gasteiger partial charge in [-0.3, -0.25) is 4.79 Å². The Morgan fingerprint density at radius 1 is 1.33 bits per heavy atom. The minimum absolute atomic E-state index is 0.128. The molecule has 0 saturated heterocycles. The summed E-state index contributed by atoms with van der Waals surface area (Å²) in [6.07, 6.45) is 2.61. The van der Waals surface area contributed by atoms with Crippen LogP contribution in [0.1, 0.15) is 32.1 Å². The highest BCUT2D eigenvalue weighted by molar-refractivity contribution is 6.30. The zero-order valence-electron chi connectivity index (χ0n) is 11.8. The number of benzene rings is 1. The number of hydrogen-bond acceptors (Lipinski definition) is 4. The molecule has 110 valence electrons. The fraction of sp³-hybridized carbons (Fsp3) is 0.400. The molecular weight excluding hydrogens is 290 g/mol. The second kappa shape index (κ2) is 5.85. The van der Waals surface area contributed by atoms with Gasteiger partial charge in [0.05, 0.1) is 6.54 Å². The first-order chi connectivity index (χ1) is 10.2. The van der Waals surface area contributed by atoms with Gasteiger partial charge in [0.25, 0.3) is 0 Å². The molecule has 0 N–H and O–H groups in total. The van der Waals surface area contributed by atoms with Crippen molar-refractivity contribution in [2.45, 2.75) is 38.8 Å². The van der Waals surface area contributed by atoms with Gasteiger partial charge >= 0.3 is 0 Å². The third-order valence-electron chi connectivity index (χ3n) is 3.47. The number of halogens is 1. The Labute approximate surface area is 127 Å². The minimum atomic E-state index is 0.128. The van der Waals surface area contributed by atoms with E-state index in [1.54, 1.807) is 12.1 Å². The van der Waals surface area contributed by atoms with Crippen LogP contribution in [-0.4, -0.2) is 27.0 Å². The zero-order chi connectivity index (χ0) is 14.8. The summed E-state index contributed by atoms with van der Waals surface area (Å²) in [5.74, 6) is 1.04. The summed E-state index contributed by atoms with van der Waals surface area (Å²) in [4.78, 5) is 13.8. The van der Waals surface area contributed by atoms with E-state index in [2.05, 4.69) is 10.2 Å². The predicted octanol–water partition coefficient (Wildman–Crippen LogP) is 3.29. The average molecular weight is 306 g/mol. The topological polar surface area (TPSA) is 59.2 Å². The molecule has 0 spiro atoms. The molecule has 6 heteroatoms. The third kappa shape index (κ3) is 3.24. The molecule has 21 heavy (non-hydrogen) atoms.